The topological polar surface area (TPSA) is 0 Å². The molecule has 3 aromatic rings. The summed E-state index contributed by atoms with van der Waals surface area (Å²) >= 11 is 0. The van der Waals surface area contributed by atoms with E-state index in [1.165, 1.54) is 46.2 Å². The molecule has 30 heavy (non-hydrogen) atoms. The third-order valence-electron chi connectivity index (χ3n) is 4.54. The second-order valence-electron chi connectivity index (χ2n) is 6.47. The van der Waals surface area contributed by atoms with Crippen molar-refractivity contribution in [2.45, 2.75) is 39.5 Å². The van der Waals surface area contributed by atoms with E-state index < -0.39 is 0 Å². The second-order valence-corrected chi connectivity index (χ2v) is 6.47. The Hall–Kier alpha value is -2.55. The van der Waals surface area contributed by atoms with Crippen LogP contribution in [0.25, 0.3) is 22.3 Å². The van der Waals surface area contributed by atoms with Crippen LogP contribution in [0.1, 0.15) is 37.8 Å². The van der Waals surface area contributed by atoms with Gasteiger partial charge in [-0.2, -0.15) is 0 Å². The molecule has 0 nitrogen and oxygen atoms in total. The molecule has 3 aromatic carbocycles. The number of rotatable bonds is 6. The molecule has 3 rings (SSSR count). The number of hydrogen-bond acceptors (Lipinski definition) is 0. The summed E-state index contributed by atoms with van der Waals surface area (Å²) in [6, 6.07) is 26.8. The van der Waals surface area contributed by atoms with Crippen molar-refractivity contribution in [3.05, 3.63) is 83.9 Å². The quantitative estimate of drug-likeness (QED) is 0.377. The first-order valence-electron chi connectivity index (χ1n) is 10.2. The molecule has 0 bridgehead atoms. The second kappa shape index (κ2) is 17.3. The van der Waals surface area contributed by atoms with Crippen LogP contribution < -0.4 is 0 Å². The molecule has 0 saturated heterocycles. The van der Waals surface area contributed by atoms with Gasteiger partial charge in [0.2, 0.25) is 0 Å². The molecule has 0 radical (unpaired) electrons. The normalized spacial score (nSPS) is 9.20. The Kier molecular flexibility index (Phi) is 15.8. The SMILES string of the molecule is CCCc1ccc(-c2ccc(-c3ccc(CCC)cc3)cc2)cc1.CF.CF.CF. The van der Waals surface area contributed by atoms with Crippen molar-refractivity contribution in [1.29, 1.82) is 0 Å². The summed E-state index contributed by atoms with van der Waals surface area (Å²) in [6.07, 6.45) is 4.72. The van der Waals surface area contributed by atoms with Crippen molar-refractivity contribution in [3.8, 4) is 22.3 Å². The number of benzene rings is 3. The number of hydrogen-bond donors (Lipinski definition) is 0. The van der Waals surface area contributed by atoms with Crippen molar-refractivity contribution in [3.63, 3.8) is 0 Å². The van der Waals surface area contributed by atoms with Crippen LogP contribution in [0.15, 0.2) is 72.8 Å². The lowest BCUT2D eigenvalue weighted by atomic mass is 9.98. The molecule has 0 heterocycles. The van der Waals surface area contributed by atoms with Gasteiger partial charge < -0.3 is 0 Å². The molecular formula is C27H35F3. The van der Waals surface area contributed by atoms with Gasteiger partial charge in [-0.05, 0) is 46.2 Å². The first-order valence-corrected chi connectivity index (χ1v) is 10.2. The molecule has 0 aromatic heterocycles. The first-order chi connectivity index (χ1) is 14.8. The van der Waals surface area contributed by atoms with E-state index in [1.807, 2.05) is 0 Å². The predicted molar refractivity (Wildman–Crippen MR) is 126 cm³/mol. The molecule has 3 heteroatoms. The molecule has 0 N–H and O–H groups in total. The van der Waals surface area contributed by atoms with E-state index >= 15 is 0 Å². The van der Waals surface area contributed by atoms with Gasteiger partial charge in [0.15, 0.2) is 0 Å². The van der Waals surface area contributed by atoms with Crippen LogP contribution in [0.2, 0.25) is 0 Å². The lowest BCUT2D eigenvalue weighted by molar-refractivity contribution is 0.635. The third kappa shape index (κ3) is 8.86. The van der Waals surface area contributed by atoms with Gasteiger partial charge in [0.1, 0.15) is 0 Å². The maximum Gasteiger partial charge on any atom is 0.0785 e. The van der Waals surface area contributed by atoms with Gasteiger partial charge in [-0.15, -0.1) is 0 Å². The first kappa shape index (κ1) is 27.4. The van der Waals surface area contributed by atoms with E-state index in [2.05, 4.69) is 86.6 Å². The molecule has 0 aliphatic rings. The Morgan fingerprint density at radius 2 is 0.600 bits per heavy atom. The predicted octanol–water partition coefficient (Wildman–Crippen LogP) is 8.68. The van der Waals surface area contributed by atoms with Gasteiger partial charge in [0.25, 0.3) is 0 Å². The molecule has 0 aliphatic heterocycles. The molecule has 0 amide bonds. The van der Waals surface area contributed by atoms with Crippen molar-refractivity contribution in [2.75, 3.05) is 21.5 Å². The van der Waals surface area contributed by atoms with Crippen LogP contribution >= 0.6 is 0 Å². The van der Waals surface area contributed by atoms with Crippen molar-refractivity contribution in [2.24, 2.45) is 0 Å². The highest BCUT2D eigenvalue weighted by atomic mass is 19.1. The van der Waals surface area contributed by atoms with E-state index in [-0.39, 0.29) is 0 Å². The lowest BCUT2D eigenvalue weighted by Crippen LogP contribution is -1.85. The van der Waals surface area contributed by atoms with Gasteiger partial charge in [-0.3, -0.25) is 13.2 Å². The Morgan fingerprint density at radius 3 is 0.800 bits per heavy atom. The van der Waals surface area contributed by atoms with E-state index in [9.17, 15) is 13.2 Å². The molecule has 0 fully saturated rings. The minimum Gasteiger partial charge on any atom is -0.255 e. The zero-order valence-electron chi connectivity index (χ0n) is 18.9. The van der Waals surface area contributed by atoms with Crippen molar-refractivity contribution in [1.82, 2.24) is 0 Å². The van der Waals surface area contributed by atoms with Gasteiger partial charge in [0, 0.05) is 0 Å². The lowest BCUT2D eigenvalue weighted by Gasteiger charge is -2.07. The number of halogens is 3. The van der Waals surface area contributed by atoms with Crippen molar-refractivity contribution >= 4 is 0 Å². The highest BCUT2D eigenvalue weighted by Gasteiger charge is 2.01. The summed E-state index contributed by atoms with van der Waals surface area (Å²) in [5, 5.41) is 0. The largest absolute Gasteiger partial charge is 0.255 e. The smallest absolute Gasteiger partial charge is 0.0785 e. The number of alkyl halides is 3. The van der Waals surface area contributed by atoms with Gasteiger partial charge in [-0.25, -0.2) is 0 Å². The van der Waals surface area contributed by atoms with Crippen LogP contribution in [-0.4, -0.2) is 21.5 Å². The average molecular weight is 417 g/mol. The molecule has 164 valence electrons. The van der Waals surface area contributed by atoms with E-state index in [1.54, 1.807) is 0 Å². The summed E-state index contributed by atoms with van der Waals surface area (Å²) in [4.78, 5) is 0. The summed E-state index contributed by atoms with van der Waals surface area (Å²) in [5.41, 5.74) is 7.99. The Balaban J connectivity index is 0.00000129. The minimum absolute atomic E-state index is 0.500. The zero-order valence-corrected chi connectivity index (χ0v) is 18.9. The van der Waals surface area contributed by atoms with Crippen LogP contribution in [0.4, 0.5) is 13.2 Å². The standard InChI is InChI=1S/C24H26.3CH3F/c1-3-5-19-7-11-21(12-8-19)23-15-17-24(18-16-23)22-13-9-20(6-4-2)10-14-22;3*1-2/h7-18H,3-6H2,1-2H3;3*1H3. The molecule has 0 atom stereocenters. The molecule has 0 saturated carbocycles. The maximum atomic E-state index is 9.50. The van der Waals surface area contributed by atoms with Crippen LogP contribution in [-0.2, 0) is 12.8 Å². The summed E-state index contributed by atoms with van der Waals surface area (Å²) < 4.78 is 28.5. The Morgan fingerprint density at radius 1 is 0.400 bits per heavy atom. The minimum atomic E-state index is 0.500. The van der Waals surface area contributed by atoms with Gasteiger partial charge >= 0.3 is 0 Å². The molecule has 0 spiro atoms. The zero-order chi connectivity index (χ0) is 22.8. The van der Waals surface area contributed by atoms with Crippen LogP contribution in [0.3, 0.4) is 0 Å². The van der Waals surface area contributed by atoms with Gasteiger partial charge in [-0.1, -0.05) is 99.5 Å². The van der Waals surface area contributed by atoms with Crippen LogP contribution in [0.5, 0.6) is 0 Å². The highest BCUT2D eigenvalue weighted by Crippen LogP contribution is 2.25. The van der Waals surface area contributed by atoms with Crippen molar-refractivity contribution < 1.29 is 13.2 Å². The van der Waals surface area contributed by atoms with Crippen LogP contribution in [0, 0.1) is 0 Å². The van der Waals surface area contributed by atoms with Gasteiger partial charge in [0.05, 0.1) is 21.5 Å². The Labute approximate surface area is 180 Å². The summed E-state index contributed by atoms with van der Waals surface area (Å²) in [5.74, 6) is 0. The monoisotopic (exact) mass is 416 g/mol. The van der Waals surface area contributed by atoms with E-state index in [4.69, 9.17) is 0 Å². The highest BCUT2D eigenvalue weighted by molar-refractivity contribution is 5.70. The fraction of sp³-hybridized carbons (Fsp3) is 0.333. The van der Waals surface area contributed by atoms with E-state index in [0.717, 1.165) is 12.8 Å². The molecule has 0 aliphatic carbocycles. The summed E-state index contributed by atoms with van der Waals surface area (Å²) in [7, 11) is 1.50. The number of aryl methyl sites for hydroxylation is 2. The average Bonchev–Trinajstić information content (AvgIpc) is 2.85. The fourth-order valence-electron chi connectivity index (χ4n) is 3.16. The Bertz CT molecular complexity index is 692. The fourth-order valence-corrected chi connectivity index (χ4v) is 3.16. The molecule has 0 unspecified atom stereocenters. The maximum absolute atomic E-state index is 9.50. The summed E-state index contributed by atoms with van der Waals surface area (Å²) in [6.45, 7) is 4.45. The third-order valence-corrected chi connectivity index (χ3v) is 4.54. The molecular weight excluding hydrogens is 381 g/mol. The van der Waals surface area contributed by atoms with E-state index in [0.29, 0.717) is 21.5 Å².